The molecule has 7 heteroatoms. The van der Waals surface area contributed by atoms with Crippen LogP contribution in [0, 0.1) is 0 Å². The van der Waals surface area contributed by atoms with Crippen LogP contribution in [-0.4, -0.2) is 20.0 Å². The van der Waals surface area contributed by atoms with Crippen LogP contribution in [0.25, 0.3) is 11.3 Å². The normalized spacial score (nSPS) is 10.9. The Balaban J connectivity index is 1.80. The predicted molar refractivity (Wildman–Crippen MR) is 78.7 cm³/mol. The zero-order valence-corrected chi connectivity index (χ0v) is 12.7. The van der Waals surface area contributed by atoms with Crippen molar-refractivity contribution in [3.8, 4) is 11.3 Å². The van der Waals surface area contributed by atoms with E-state index in [1.165, 1.54) is 0 Å². The SMILES string of the molecule is Clc1cccc(-c2cnc(Cn3cc(CBr)nn3)o2)c1. The molecule has 0 fully saturated rings. The van der Waals surface area contributed by atoms with E-state index in [1.807, 2.05) is 30.5 Å². The molecule has 0 amide bonds. The van der Waals surface area contributed by atoms with Crippen molar-refractivity contribution in [2.45, 2.75) is 11.9 Å². The van der Waals surface area contributed by atoms with Gasteiger partial charge in [-0.15, -0.1) is 5.10 Å². The Morgan fingerprint density at radius 2 is 2.25 bits per heavy atom. The summed E-state index contributed by atoms with van der Waals surface area (Å²) in [6, 6.07) is 7.46. The van der Waals surface area contributed by atoms with Crippen LogP contribution in [0.2, 0.25) is 5.02 Å². The Hall–Kier alpha value is -1.66. The van der Waals surface area contributed by atoms with Crippen molar-refractivity contribution in [1.82, 2.24) is 20.0 Å². The summed E-state index contributed by atoms with van der Waals surface area (Å²) in [4.78, 5) is 4.24. The van der Waals surface area contributed by atoms with E-state index in [-0.39, 0.29) is 0 Å². The first kappa shape index (κ1) is 13.3. The number of oxazole rings is 1. The summed E-state index contributed by atoms with van der Waals surface area (Å²) >= 11 is 9.29. The van der Waals surface area contributed by atoms with E-state index in [0.29, 0.717) is 28.5 Å². The maximum absolute atomic E-state index is 5.96. The quantitative estimate of drug-likeness (QED) is 0.673. The number of hydrogen-bond donors (Lipinski definition) is 0. The molecule has 0 aliphatic heterocycles. The molecule has 3 aromatic rings. The van der Waals surface area contributed by atoms with E-state index in [4.69, 9.17) is 16.0 Å². The molecule has 102 valence electrons. The maximum atomic E-state index is 5.96. The highest BCUT2D eigenvalue weighted by Crippen LogP contribution is 2.23. The van der Waals surface area contributed by atoms with Crippen molar-refractivity contribution in [2.24, 2.45) is 0 Å². The van der Waals surface area contributed by atoms with Crippen LogP contribution in [0.1, 0.15) is 11.6 Å². The smallest absolute Gasteiger partial charge is 0.216 e. The number of aromatic nitrogens is 4. The Labute approximate surface area is 128 Å². The number of nitrogens with zero attached hydrogens (tertiary/aromatic N) is 4. The average molecular weight is 354 g/mol. The van der Waals surface area contributed by atoms with Gasteiger partial charge in [-0.05, 0) is 12.1 Å². The Morgan fingerprint density at radius 3 is 3.00 bits per heavy atom. The average Bonchev–Trinajstić information content (AvgIpc) is 3.08. The van der Waals surface area contributed by atoms with Crippen LogP contribution in [0.15, 0.2) is 41.1 Å². The van der Waals surface area contributed by atoms with Gasteiger partial charge in [-0.1, -0.05) is 44.9 Å². The number of hydrogen-bond acceptors (Lipinski definition) is 4. The molecule has 0 radical (unpaired) electrons. The topological polar surface area (TPSA) is 56.7 Å². The van der Waals surface area contributed by atoms with Gasteiger partial charge in [0.05, 0.1) is 11.9 Å². The number of rotatable bonds is 4. The Morgan fingerprint density at radius 1 is 1.35 bits per heavy atom. The molecular formula is C13H10BrClN4O. The molecule has 2 aromatic heterocycles. The summed E-state index contributed by atoms with van der Waals surface area (Å²) in [5.74, 6) is 1.26. The van der Waals surface area contributed by atoms with Crippen LogP contribution in [0.4, 0.5) is 0 Å². The molecular weight excluding hydrogens is 344 g/mol. The fourth-order valence-corrected chi connectivity index (χ4v) is 2.22. The molecule has 0 saturated heterocycles. The lowest BCUT2D eigenvalue weighted by Crippen LogP contribution is -2.00. The van der Waals surface area contributed by atoms with Gasteiger partial charge in [0, 0.05) is 22.1 Å². The summed E-state index contributed by atoms with van der Waals surface area (Å²) in [7, 11) is 0. The summed E-state index contributed by atoms with van der Waals surface area (Å²) in [6.45, 7) is 0.445. The highest BCUT2D eigenvalue weighted by molar-refractivity contribution is 9.08. The first-order chi connectivity index (χ1) is 9.74. The molecule has 0 spiro atoms. The summed E-state index contributed by atoms with van der Waals surface area (Å²) in [5.41, 5.74) is 1.77. The van der Waals surface area contributed by atoms with Gasteiger partial charge in [0.15, 0.2) is 5.76 Å². The van der Waals surface area contributed by atoms with E-state index in [9.17, 15) is 0 Å². The first-order valence-electron chi connectivity index (χ1n) is 5.90. The minimum atomic E-state index is 0.445. The molecule has 0 atom stereocenters. The van der Waals surface area contributed by atoms with E-state index in [1.54, 1.807) is 10.9 Å². The molecule has 5 nitrogen and oxygen atoms in total. The van der Waals surface area contributed by atoms with E-state index >= 15 is 0 Å². The number of halogens is 2. The summed E-state index contributed by atoms with van der Waals surface area (Å²) < 4.78 is 7.39. The standard InChI is InChI=1S/C13H10BrClN4O/c14-5-11-7-19(18-17-11)8-13-16-6-12(20-13)9-2-1-3-10(15)4-9/h1-4,6-7H,5,8H2. The fraction of sp³-hybridized carbons (Fsp3) is 0.154. The summed E-state index contributed by atoms with van der Waals surface area (Å²) in [6.07, 6.45) is 3.53. The van der Waals surface area contributed by atoms with Gasteiger partial charge in [-0.25, -0.2) is 9.67 Å². The summed E-state index contributed by atoms with van der Waals surface area (Å²) in [5, 5.41) is 9.32. The predicted octanol–water partition coefficient (Wildman–Crippen LogP) is 3.53. The van der Waals surface area contributed by atoms with E-state index in [2.05, 4.69) is 31.2 Å². The molecule has 1 aromatic carbocycles. The second-order valence-electron chi connectivity index (χ2n) is 4.17. The van der Waals surface area contributed by atoms with E-state index in [0.717, 1.165) is 11.3 Å². The lowest BCUT2D eigenvalue weighted by Gasteiger charge is -1.97. The Bertz CT molecular complexity index is 724. The largest absolute Gasteiger partial charge is 0.439 e. The third kappa shape index (κ3) is 2.91. The van der Waals surface area contributed by atoms with E-state index < -0.39 is 0 Å². The highest BCUT2D eigenvalue weighted by atomic mass is 79.9. The van der Waals surface area contributed by atoms with Crippen molar-refractivity contribution in [3.05, 3.63) is 53.3 Å². The van der Waals surface area contributed by atoms with Gasteiger partial charge < -0.3 is 4.42 Å². The number of alkyl halides is 1. The van der Waals surface area contributed by atoms with Crippen LogP contribution >= 0.6 is 27.5 Å². The Kier molecular flexibility index (Phi) is 3.84. The van der Waals surface area contributed by atoms with Gasteiger partial charge in [0.1, 0.15) is 6.54 Å². The second-order valence-corrected chi connectivity index (χ2v) is 5.17. The number of benzene rings is 1. The molecule has 2 heterocycles. The van der Waals surface area contributed by atoms with Gasteiger partial charge in [-0.3, -0.25) is 0 Å². The van der Waals surface area contributed by atoms with Crippen LogP contribution < -0.4 is 0 Å². The fourth-order valence-electron chi connectivity index (χ4n) is 1.77. The van der Waals surface area contributed by atoms with Gasteiger partial charge in [0.25, 0.3) is 0 Å². The molecule has 3 rings (SSSR count). The zero-order chi connectivity index (χ0) is 13.9. The molecule has 0 unspecified atom stereocenters. The first-order valence-corrected chi connectivity index (χ1v) is 7.40. The lowest BCUT2D eigenvalue weighted by molar-refractivity contribution is 0.469. The molecule has 0 saturated carbocycles. The monoisotopic (exact) mass is 352 g/mol. The molecule has 20 heavy (non-hydrogen) atoms. The second kappa shape index (κ2) is 5.76. The maximum Gasteiger partial charge on any atom is 0.216 e. The molecule has 0 N–H and O–H groups in total. The van der Waals surface area contributed by atoms with Crippen molar-refractivity contribution in [2.75, 3.05) is 0 Å². The van der Waals surface area contributed by atoms with Crippen LogP contribution in [-0.2, 0) is 11.9 Å². The van der Waals surface area contributed by atoms with Crippen molar-refractivity contribution >= 4 is 27.5 Å². The minimum Gasteiger partial charge on any atom is -0.439 e. The van der Waals surface area contributed by atoms with Gasteiger partial charge in [0.2, 0.25) is 5.89 Å². The van der Waals surface area contributed by atoms with Crippen LogP contribution in [0.3, 0.4) is 0 Å². The third-order valence-corrected chi connectivity index (χ3v) is 3.49. The zero-order valence-electron chi connectivity index (χ0n) is 10.3. The van der Waals surface area contributed by atoms with Crippen LogP contribution in [0.5, 0.6) is 0 Å². The minimum absolute atomic E-state index is 0.445. The molecule has 0 bridgehead atoms. The molecule has 0 aliphatic rings. The van der Waals surface area contributed by atoms with Gasteiger partial charge >= 0.3 is 0 Å². The van der Waals surface area contributed by atoms with Crippen molar-refractivity contribution < 1.29 is 4.42 Å². The van der Waals surface area contributed by atoms with Gasteiger partial charge in [-0.2, -0.15) is 0 Å². The lowest BCUT2D eigenvalue weighted by atomic mass is 10.2. The molecule has 0 aliphatic carbocycles. The third-order valence-electron chi connectivity index (χ3n) is 2.68. The van der Waals surface area contributed by atoms with Crippen molar-refractivity contribution in [3.63, 3.8) is 0 Å². The van der Waals surface area contributed by atoms with Crippen molar-refractivity contribution in [1.29, 1.82) is 0 Å². The highest BCUT2D eigenvalue weighted by Gasteiger charge is 2.08.